The monoisotopic (exact) mass is 374 g/mol. The Balaban J connectivity index is 2.38. The molecule has 1 unspecified atom stereocenters. The molecule has 27 heavy (non-hydrogen) atoms. The zero-order chi connectivity index (χ0) is 20.0. The second-order valence-electron chi connectivity index (χ2n) is 7.53. The van der Waals surface area contributed by atoms with E-state index >= 15 is 0 Å². The summed E-state index contributed by atoms with van der Waals surface area (Å²) in [4.78, 5) is 24.8. The van der Waals surface area contributed by atoms with Gasteiger partial charge in [0.2, 0.25) is 0 Å². The molecule has 6 nitrogen and oxygen atoms in total. The third kappa shape index (κ3) is 5.74. The van der Waals surface area contributed by atoms with Crippen molar-refractivity contribution in [3.8, 4) is 5.75 Å². The largest absolute Gasteiger partial charge is 0.488 e. The number of hydrogen-bond acceptors (Lipinski definition) is 4. The Morgan fingerprint density at radius 1 is 1.15 bits per heavy atom. The first-order chi connectivity index (χ1) is 12.7. The van der Waals surface area contributed by atoms with Crippen molar-refractivity contribution in [3.63, 3.8) is 0 Å². The van der Waals surface area contributed by atoms with Gasteiger partial charge in [-0.25, -0.2) is 9.59 Å². The molecule has 0 radical (unpaired) electrons. The fourth-order valence-corrected chi connectivity index (χ4v) is 2.95. The Kier molecular flexibility index (Phi) is 6.88. The van der Waals surface area contributed by atoms with Crippen molar-refractivity contribution in [2.75, 3.05) is 6.61 Å². The quantitative estimate of drug-likeness (QED) is 0.701. The Labute approximate surface area is 161 Å². The first-order valence-corrected chi connectivity index (χ1v) is 9.51. The molecule has 1 aliphatic heterocycles. The van der Waals surface area contributed by atoms with Crippen LogP contribution in [-0.2, 0) is 9.53 Å². The summed E-state index contributed by atoms with van der Waals surface area (Å²) in [7, 11) is 0. The molecule has 0 saturated heterocycles. The molecule has 2 N–H and O–H groups in total. The Morgan fingerprint density at radius 3 is 2.37 bits per heavy atom. The minimum atomic E-state index is -0.548. The molecule has 0 bridgehead atoms. The maximum Gasteiger partial charge on any atom is 0.338 e. The SMILES string of the molecule is CCCCC1=C(C(=O)OCC)C(c2ccc(OC(C)(C)C)cc2)NC(=O)N1. The van der Waals surface area contributed by atoms with Gasteiger partial charge in [-0.2, -0.15) is 0 Å². The summed E-state index contributed by atoms with van der Waals surface area (Å²) in [5, 5.41) is 5.63. The van der Waals surface area contributed by atoms with E-state index in [0.29, 0.717) is 17.7 Å². The van der Waals surface area contributed by atoms with E-state index in [9.17, 15) is 9.59 Å². The number of rotatable bonds is 7. The van der Waals surface area contributed by atoms with Crippen molar-refractivity contribution in [2.45, 2.75) is 65.5 Å². The highest BCUT2D eigenvalue weighted by Gasteiger charge is 2.33. The molecular weight excluding hydrogens is 344 g/mol. The number of unbranched alkanes of at least 4 members (excludes halogenated alkanes) is 1. The first-order valence-electron chi connectivity index (χ1n) is 9.51. The van der Waals surface area contributed by atoms with Crippen molar-refractivity contribution in [2.24, 2.45) is 0 Å². The van der Waals surface area contributed by atoms with Gasteiger partial charge in [0.15, 0.2) is 0 Å². The maximum atomic E-state index is 12.6. The van der Waals surface area contributed by atoms with Crippen LogP contribution in [0.15, 0.2) is 35.5 Å². The van der Waals surface area contributed by atoms with Crippen LogP contribution in [0.5, 0.6) is 5.75 Å². The van der Waals surface area contributed by atoms with E-state index in [4.69, 9.17) is 9.47 Å². The third-order valence-electron chi connectivity index (χ3n) is 4.07. The van der Waals surface area contributed by atoms with Gasteiger partial charge in [0.1, 0.15) is 11.4 Å². The van der Waals surface area contributed by atoms with Crippen LogP contribution in [0.25, 0.3) is 0 Å². The summed E-state index contributed by atoms with van der Waals surface area (Å²) in [5.41, 5.74) is 1.62. The van der Waals surface area contributed by atoms with E-state index in [0.717, 1.165) is 24.2 Å². The molecule has 0 spiro atoms. The number of carbonyl (C=O) groups is 2. The molecule has 2 rings (SSSR count). The van der Waals surface area contributed by atoms with Crippen molar-refractivity contribution in [3.05, 3.63) is 41.1 Å². The van der Waals surface area contributed by atoms with Crippen molar-refractivity contribution in [1.29, 1.82) is 0 Å². The highest BCUT2D eigenvalue weighted by atomic mass is 16.5. The molecule has 0 aliphatic carbocycles. The van der Waals surface area contributed by atoms with Crippen molar-refractivity contribution >= 4 is 12.0 Å². The van der Waals surface area contributed by atoms with Crippen LogP contribution in [-0.4, -0.2) is 24.2 Å². The van der Waals surface area contributed by atoms with E-state index in [1.807, 2.05) is 45.0 Å². The number of carbonyl (C=O) groups excluding carboxylic acids is 2. The number of esters is 1. The molecule has 2 amide bonds. The van der Waals surface area contributed by atoms with Crippen LogP contribution in [0.3, 0.4) is 0 Å². The van der Waals surface area contributed by atoms with Gasteiger partial charge in [0, 0.05) is 5.70 Å². The molecule has 0 aromatic heterocycles. The summed E-state index contributed by atoms with van der Waals surface area (Å²) in [6.45, 7) is 10.1. The molecule has 1 aromatic rings. The average Bonchev–Trinajstić information content (AvgIpc) is 2.58. The van der Waals surface area contributed by atoms with Gasteiger partial charge in [-0.05, 0) is 58.2 Å². The van der Waals surface area contributed by atoms with E-state index in [1.165, 1.54) is 0 Å². The van der Waals surface area contributed by atoms with Crippen LogP contribution >= 0.6 is 0 Å². The highest BCUT2D eigenvalue weighted by Crippen LogP contribution is 2.31. The Morgan fingerprint density at radius 2 is 1.81 bits per heavy atom. The zero-order valence-corrected chi connectivity index (χ0v) is 16.8. The molecule has 0 fully saturated rings. The lowest BCUT2D eigenvalue weighted by molar-refractivity contribution is -0.139. The summed E-state index contributed by atoms with van der Waals surface area (Å²) in [6.07, 6.45) is 2.47. The number of hydrogen-bond donors (Lipinski definition) is 2. The lowest BCUT2D eigenvalue weighted by Crippen LogP contribution is -2.46. The van der Waals surface area contributed by atoms with E-state index in [1.54, 1.807) is 6.92 Å². The number of benzene rings is 1. The topological polar surface area (TPSA) is 76.7 Å². The lowest BCUT2D eigenvalue weighted by Gasteiger charge is -2.29. The summed E-state index contributed by atoms with van der Waals surface area (Å²) < 4.78 is 11.1. The van der Waals surface area contributed by atoms with Crippen LogP contribution in [0.2, 0.25) is 0 Å². The van der Waals surface area contributed by atoms with E-state index in [-0.39, 0.29) is 18.2 Å². The molecule has 6 heteroatoms. The minimum Gasteiger partial charge on any atom is -0.488 e. The number of amides is 2. The van der Waals surface area contributed by atoms with Gasteiger partial charge >= 0.3 is 12.0 Å². The Bertz CT molecular complexity index is 702. The molecule has 0 saturated carbocycles. The summed E-state index contributed by atoms with van der Waals surface area (Å²) >= 11 is 0. The smallest absolute Gasteiger partial charge is 0.338 e. The molecule has 148 valence electrons. The molecule has 1 aliphatic rings. The Hall–Kier alpha value is -2.50. The minimum absolute atomic E-state index is 0.280. The number of nitrogens with one attached hydrogen (secondary N) is 2. The highest BCUT2D eigenvalue weighted by molar-refractivity contribution is 5.95. The first kappa shape index (κ1) is 20.8. The normalized spacial score (nSPS) is 17.2. The predicted molar refractivity (Wildman–Crippen MR) is 104 cm³/mol. The van der Waals surface area contributed by atoms with Gasteiger partial charge in [-0.1, -0.05) is 25.5 Å². The van der Waals surface area contributed by atoms with Crippen LogP contribution < -0.4 is 15.4 Å². The fraction of sp³-hybridized carbons (Fsp3) is 0.524. The van der Waals surface area contributed by atoms with Gasteiger partial charge < -0.3 is 20.1 Å². The number of urea groups is 1. The van der Waals surface area contributed by atoms with Gasteiger partial charge in [0.05, 0.1) is 18.2 Å². The second kappa shape index (κ2) is 8.93. The standard InChI is InChI=1S/C21H30N2O4/c1-6-8-9-16-17(19(24)26-7-2)18(23-20(25)22-16)14-10-12-15(13-11-14)27-21(3,4)5/h10-13,18H,6-9H2,1-5H3,(H2,22,23,25). The molecule has 1 atom stereocenters. The second-order valence-corrected chi connectivity index (χ2v) is 7.53. The predicted octanol–water partition coefficient (Wildman–Crippen LogP) is 4.23. The van der Waals surface area contributed by atoms with Gasteiger partial charge in [-0.3, -0.25) is 0 Å². The van der Waals surface area contributed by atoms with Crippen LogP contribution in [0.1, 0.15) is 65.5 Å². The molecule has 1 aromatic carbocycles. The molecule has 1 heterocycles. The summed E-state index contributed by atoms with van der Waals surface area (Å²) in [5.74, 6) is 0.329. The van der Waals surface area contributed by atoms with E-state index in [2.05, 4.69) is 17.6 Å². The number of ether oxygens (including phenoxy) is 2. The number of allylic oxidation sites excluding steroid dienone is 1. The average molecular weight is 374 g/mol. The summed E-state index contributed by atoms with van der Waals surface area (Å²) in [6, 6.07) is 6.58. The van der Waals surface area contributed by atoms with Gasteiger partial charge in [0.25, 0.3) is 0 Å². The molecular formula is C21H30N2O4. The van der Waals surface area contributed by atoms with Crippen molar-refractivity contribution < 1.29 is 19.1 Å². The van der Waals surface area contributed by atoms with Crippen LogP contribution in [0, 0.1) is 0 Å². The van der Waals surface area contributed by atoms with Crippen molar-refractivity contribution in [1.82, 2.24) is 10.6 Å². The zero-order valence-electron chi connectivity index (χ0n) is 16.8. The van der Waals surface area contributed by atoms with E-state index < -0.39 is 12.0 Å². The lowest BCUT2D eigenvalue weighted by atomic mass is 9.93. The van der Waals surface area contributed by atoms with Crippen LogP contribution in [0.4, 0.5) is 4.79 Å². The fourth-order valence-electron chi connectivity index (χ4n) is 2.95. The van der Waals surface area contributed by atoms with Gasteiger partial charge in [-0.15, -0.1) is 0 Å². The third-order valence-corrected chi connectivity index (χ3v) is 4.07. The maximum absolute atomic E-state index is 12.6.